The number of ether oxygens (including phenoxy) is 2. The third-order valence-electron chi connectivity index (χ3n) is 5.49. The van der Waals surface area contributed by atoms with E-state index in [4.69, 9.17) is 9.47 Å². The van der Waals surface area contributed by atoms with Gasteiger partial charge in [-0.1, -0.05) is 27.7 Å². The maximum atomic E-state index is 12.4. The molecule has 188 valence electrons. The number of hydrogen-bond acceptors (Lipinski definition) is 5. The minimum atomic E-state index is -0.236. The van der Waals surface area contributed by atoms with Crippen molar-refractivity contribution in [1.82, 2.24) is 4.90 Å². The number of rotatable bonds is 14. The molecular weight excluding hydrogens is 406 g/mol. The van der Waals surface area contributed by atoms with Gasteiger partial charge >= 0.3 is 0 Å². The summed E-state index contributed by atoms with van der Waals surface area (Å²) in [6.07, 6.45) is 4.82. The van der Waals surface area contributed by atoms with Gasteiger partial charge in [-0.2, -0.15) is 0 Å². The number of Topliss-reactive ketones (excluding diaryl/α,β-unsaturated/α-hetero) is 1. The molecule has 0 aliphatic carbocycles. The molecule has 0 saturated carbocycles. The van der Waals surface area contributed by atoms with Gasteiger partial charge in [-0.25, -0.2) is 0 Å². The first-order chi connectivity index (χ1) is 15.1. The number of hydrogen-bond donors (Lipinski definition) is 0. The predicted octanol–water partition coefficient (Wildman–Crippen LogP) is 3.46. The van der Waals surface area contributed by atoms with Crippen LogP contribution < -0.4 is 0 Å². The van der Waals surface area contributed by atoms with Crippen LogP contribution in [0.15, 0.2) is 4.99 Å². The SMILES string of the molecule is CC.CC=NC(CC1CCN(C(=O)CCOCCOCC[N+](C)(C)C)CC1)C(=O)C(C)C. The lowest BCUT2D eigenvalue weighted by Gasteiger charge is -2.33. The first kappa shape index (κ1) is 30.7. The second kappa shape index (κ2) is 17.2. The van der Waals surface area contributed by atoms with E-state index in [0.717, 1.165) is 43.4 Å². The Balaban J connectivity index is 0.00000466. The summed E-state index contributed by atoms with van der Waals surface area (Å²) in [7, 11) is 6.41. The van der Waals surface area contributed by atoms with Crippen LogP contribution in [0.1, 0.15) is 60.3 Å². The van der Waals surface area contributed by atoms with Crippen molar-refractivity contribution >= 4 is 17.9 Å². The number of ketones is 1. The van der Waals surface area contributed by atoms with Crippen LogP contribution in [0.25, 0.3) is 0 Å². The third kappa shape index (κ3) is 14.0. The van der Waals surface area contributed by atoms with Gasteiger partial charge < -0.3 is 18.9 Å². The number of carbonyl (C=O) groups excluding carboxylic acids is 2. The predicted molar refractivity (Wildman–Crippen MR) is 132 cm³/mol. The minimum Gasteiger partial charge on any atom is -0.379 e. The van der Waals surface area contributed by atoms with Gasteiger partial charge in [0, 0.05) is 19.0 Å². The molecule has 0 radical (unpaired) electrons. The Hall–Kier alpha value is -1.31. The van der Waals surface area contributed by atoms with E-state index in [9.17, 15) is 9.59 Å². The molecule has 0 aromatic carbocycles. The van der Waals surface area contributed by atoms with Gasteiger partial charge in [-0.15, -0.1) is 0 Å². The van der Waals surface area contributed by atoms with Gasteiger partial charge in [0.2, 0.25) is 5.91 Å². The van der Waals surface area contributed by atoms with E-state index in [1.807, 2.05) is 39.5 Å². The van der Waals surface area contributed by atoms with Crippen molar-refractivity contribution in [3.05, 3.63) is 0 Å². The molecule has 0 N–H and O–H groups in total. The quantitative estimate of drug-likeness (QED) is 0.228. The molecule has 7 nitrogen and oxygen atoms in total. The Bertz CT molecular complexity index is 536. The molecule has 32 heavy (non-hydrogen) atoms. The number of aliphatic imine (C=N–C) groups is 1. The Morgan fingerprint density at radius 1 is 1.03 bits per heavy atom. The highest BCUT2D eigenvalue weighted by atomic mass is 16.5. The molecule has 0 aromatic rings. The lowest BCUT2D eigenvalue weighted by Crippen LogP contribution is -2.40. The van der Waals surface area contributed by atoms with Gasteiger partial charge in [0.1, 0.15) is 12.6 Å². The van der Waals surface area contributed by atoms with Gasteiger partial charge in [0.25, 0.3) is 0 Å². The summed E-state index contributed by atoms with van der Waals surface area (Å²) in [5, 5.41) is 0. The number of piperidine rings is 1. The Morgan fingerprint density at radius 2 is 1.59 bits per heavy atom. The van der Waals surface area contributed by atoms with Crippen molar-refractivity contribution in [1.29, 1.82) is 0 Å². The number of carbonyl (C=O) groups is 2. The maximum Gasteiger partial charge on any atom is 0.224 e. The van der Waals surface area contributed by atoms with Crippen LogP contribution in [0.3, 0.4) is 0 Å². The Labute approximate surface area is 197 Å². The second-order valence-corrected chi connectivity index (χ2v) is 9.53. The first-order valence-corrected chi connectivity index (χ1v) is 12.4. The highest BCUT2D eigenvalue weighted by Gasteiger charge is 2.28. The summed E-state index contributed by atoms with van der Waals surface area (Å²) in [6.45, 7) is 14.5. The number of amides is 1. The zero-order valence-electron chi connectivity index (χ0n) is 22.1. The summed E-state index contributed by atoms with van der Waals surface area (Å²) in [6, 6.07) is -0.236. The summed E-state index contributed by atoms with van der Waals surface area (Å²) in [5.41, 5.74) is 0. The van der Waals surface area contributed by atoms with Crippen molar-refractivity contribution < 1.29 is 23.5 Å². The molecule has 1 aliphatic rings. The van der Waals surface area contributed by atoms with E-state index in [-0.39, 0.29) is 23.7 Å². The van der Waals surface area contributed by atoms with Crippen molar-refractivity contribution in [3.63, 3.8) is 0 Å². The molecular formula is C25H50N3O4+. The number of nitrogens with zero attached hydrogens (tertiary/aromatic N) is 3. The fraction of sp³-hybridized carbons (Fsp3) is 0.880. The van der Waals surface area contributed by atoms with Crippen LogP contribution in [-0.2, 0) is 19.1 Å². The summed E-state index contributed by atoms with van der Waals surface area (Å²) < 4.78 is 12.0. The number of likely N-dealkylation sites (tertiary alicyclic amines) is 1. The van der Waals surface area contributed by atoms with E-state index in [2.05, 4.69) is 26.1 Å². The molecule has 1 rings (SSSR count). The van der Waals surface area contributed by atoms with Gasteiger partial charge in [0.15, 0.2) is 5.78 Å². The van der Waals surface area contributed by atoms with Crippen molar-refractivity contribution in [2.75, 3.05) is 67.2 Å². The summed E-state index contributed by atoms with van der Waals surface area (Å²) in [4.78, 5) is 31.1. The average molecular weight is 457 g/mol. The lowest BCUT2D eigenvalue weighted by atomic mass is 9.87. The number of quaternary nitrogens is 1. The smallest absolute Gasteiger partial charge is 0.224 e. The minimum absolute atomic E-state index is 0.00317. The average Bonchev–Trinajstić information content (AvgIpc) is 2.75. The lowest BCUT2D eigenvalue weighted by molar-refractivity contribution is -0.870. The molecule has 0 spiro atoms. The van der Waals surface area contributed by atoms with E-state index in [0.29, 0.717) is 38.8 Å². The molecule has 1 heterocycles. The normalized spacial score (nSPS) is 16.2. The molecule has 1 amide bonds. The molecule has 0 bridgehead atoms. The molecule has 1 fully saturated rings. The monoisotopic (exact) mass is 456 g/mol. The van der Waals surface area contributed by atoms with Gasteiger partial charge in [-0.05, 0) is 38.3 Å². The first-order valence-electron chi connectivity index (χ1n) is 12.4. The van der Waals surface area contributed by atoms with E-state index in [1.54, 1.807) is 6.21 Å². The largest absolute Gasteiger partial charge is 0.379 e. The molecule has 0 aromatic heterocycles. The molecule has 1 saturated heterocycles. The van der Waals surface area contributed by atoms with E-state index >= 15 is 0 Å². The zero-order chi connectivity index (χ0) is 24.6. The van der Waals surface area contributed by atoms with Crippen molar-refractivity contribution in [2.45, 2.75) is 66.3 Å². The highest BCUT2D eigenvalue weighted by Crippen LogP contribution is 2.24. The van der Waals surface area contributed by atoms with Crippen molar-refractivity contribution in [3.8, 4) is 0 Å². The highest BCUT2D eigenvalue weighted by molar-refractivity contribution is 5.86. The summed E-state index contributed by atoms with van der Waals surface area (Å²) >= 11 is 0. The fourth-order valence-corrected chi connectivity index (χ4v) is 3.53. The van der Waals surface area contributed by atoms with Crippen LogP contribution in [0.2, 0.25) is 0 Å². The Kier molecular flexibility index (Phi) is 16.5. The van der Waals surface area contributed by atoms with Crippen LogP contribution >= 0.6 is 0 Å². The molecule has 1 aliphatic heterocycles. The standard InChI is InChI=1S/C23H44N3O4.C2H6/c1-7-24-21(23(28)19(2)3)18-20-8-11-25(12-9-20)22(27)10-14-29-16-17-30-15-13-26(4,5)6;1-2/h7,19-21H,8-18H2,1-6H3;1-2H3/q+1;. The molecule has 1 atom stereocenters. The zero-order valence-corrected chi connectivity index (χ0v) is 22.1. The van der Waals surface area contributed by atoms with Crippen LogP contribution in [-0.4, -0.2) is 101 Å². The maximum absolute atomic E-state index is 12.4. The topological polar surface area (TPSA) is 68.2 Å². The molecule has 1 unspecified atom stereocenters. The van der Waals surface area contributed by atoms with Crippen LogP contribution in [0.5, 0.6) is 0 Å². The van der Waals surface area contributed by atoms with Gasteiger partial charge in [0.05, 0.1) is 54.0 Å². The van der Waals surface area contributed by atoms with E-state index in [1.165, 1.54) is 0 Å². The van der Waals surface area contributed by atoms with E-state index < -0.39 is 0 Å². The third-order valence-corrected chi connectivity index (χ3v) is 5.49. The van der Waals surface area contributed by atoms with Crippen LogP contribution in [0.4, 0.5) is 0 Å². The van der Waals surface area contributed by atoms with Gasteiger partial charge in [-0.3, -0.25) is 14.6 Å². The summed E-state index contributed by atoms with van der Waals surface area (Å²) in [5.74, 6) is 0.819. The molecule has 7 heteroatoms. The second-order valence-electron chi connectivity index (χ2n) is 9.53. The van der Waals surface area contributed by atoms with Crippen LogP contribution in [0, 0.1) is 11.8 Å². The Morgan fingerprint density at radius 3 is 2.09 bits per heavy atom. The van der Waals surface area contributed by atoms with Crippen molar-refractivity contribution in [2.24, 2.45) is 16.8 Å². The number of likely N-dealkylation sites (N-methyl/N-ethyl adjacent to an activating group) is 1. The fourth-order valence-electron chi connectivity index (χ4n) is 3.53.